The third-order valence-electron chi connectivity index (χ3n) is 2.61. The van der Waals surface area contributed by atoms with Crippen LogP contribution in [0.2, 0.25) is 0 Å². The van der Waals surface area contributed by atoms with E-state index in [4.69, 9.17) is 0 Å². The fourth-order valence-electron chi connectivity index (χ4n) is 1.64. The number of aryl methyl sites for hydroxylation is 1. The first-order valence-corrected chi connectivity index (χ1v) is 6.01. The molecule has 0 saturated heterocycles. The number of hydrogen-bond donors (Lipinski definition) is 1. The van der Waals surface area contributed by atoms with E-state index in [0.717, 1.165) is 23.0 Å². The van der Waals surface area contributed by atoms with E-state index in [1.165, 1.54) is 18.2 Å². The van der Waals surface area contributed by atoms with Crippen LogP contribution in [0.15, 0.2) is 36.5 Å². The van der Waals surface area contributed by atoms with Crippen molar-refractivity contribution < 1.29 is 22.4 Å². The van der Waals surface area contributed by atoms with Crippen molar-refractivity contribution >= 4 is 11.6 Å². The molecule has 0 saturated carbocycles. The number of benzene rings is 1. The van der Waals surface area contributed by atoms with Gasteiger partial charge in [-0.25, -0.2) is 4.39 Å². The van der Waals surface area contributed by atoms with Crippen molar-refractivity contribution in [2.45, 2.75) is 19.1 Å². The molecule has 1 N–H and O–H groups in total. The highest BCUT2D eigenvalue weighted by molar-refractivity contribution is 5.90. The van der Waals surface area contributed by atoms with Gasteiger partial charge < -0.3 is 5.32 Å². The summed E-state index contributed by atoms with van der Waals surface area (Å²) in [6, 6.07) is 6.17. The molecule has 2 aromatic rings. The Morgan fingerprint density at radius 3 is 2.67 bits per heavy atom. The third-order valence-corrected chi connectivity index (χ3v) is 2.61. The molecule has 1 aromatic heterocycles. The zero-order valence-electron chi connectivity index (χ0n) is 10.7. The van der Waals surface area contributed by atoms with Crippen LogP contribution < -0.4 is 5.32 Å². The average Bonchev–Trinajstić information content (AvgIpc) is 2.85. The van der Waals surface area contributed by atoms with E-state index in [2.05, 4.69) is 10.4 Å². The van der Waals surface area contributed by atoms with Gasteiger partial charge in [0.2, 0.25) is 5.91 Å². The normalized spacial score (nSPS) is 11.4. The summed E-state index contributed by atoms with van der Waals surface area (Å²) in [6.45, 7) is -0.00275. The number of hydrogen-bond acceptors (Lipinski definition) is 2. The van der Waals surface area contributed by atoms with Crippen molar-refractivity contribution in [3.63, 3.8) is 0 Å². The van der Waals surface area contributed by atoms with Crippen LogP contribution in [0.25, 0.3) is 0 Å². The minimum absolute atomic E-state index is 0.00275. The van der Waals surface area contributed by atoms with Crippen molar-refractivity contribution in [2.75, 3.05) is 5.32 Å². The summed E-state index contributed by atoms with van der Waals surface area (Å²) < 4.78 is 51.0. The monoisotopic (exact) mass is 301 g/mol. The van der Waals surface area contributed by atoms with Crippen molar-refractivity contribution in [2.24, 2.45) is 0 Å². The molecule has 0 atom stereocenters. The molecular formula is C13H11F4N3O. The van der Waals surface area contributed by atoms with Gasteiger partial charge in [-0.15, -0.1) is 0 Å². The first-order valence-electron chi connectivity index (χ1n) is 6.01. The van der Waals surface area contributed by atoms with E-state index in [9.17, 15) is 22.4 Å². The van der Waals surface area contributed by atoms with E-state index >= 15 is 0 Å². The number of nitrogens with one attached hydrogen (secondary N) is 1. The van der Waals surface area contributed by atoms with Gasteiger partial charge in [-0.3, -0.25) is 9.48 Å². The quantitative estimate of drug-likeness (QED) is 0.882. The summed E-state index contributed by atoms with van der Waals surface area (Å²) >= 11 is 0. The molecule has 0 aliphatic carbocycles. The molecule has 1 aromatic carbocycles. The first-order chi connectivity index (χ1) is 9.84. The maximum absolute atomic E-state index is 12.9. The van der Waals surface area contributed by atoms with Gasteiger partial charge in [-0.2, -0.15) is 18.3 Å². The molecule has 4 nitrogen and oxygen atoms in total. The summed E-state index contributed by atoms with van der Waals surface area (Å²) in [6.07, 6.45) is -3.43. The molecule has 0 unspecified atom stereocenters. The number of rotatable bonds is 4. The second-order valence-corrected chi connectivity index (χ2v) is 4.27. The predicted molar refractivity (Wildman–Crippen MR) is 66.9 cm³/mol. The summed E-state index contributed by atoms with van der Waals surface area (Å²) in [7, 11) is 0. The number of carbonyl (C=O) groups excluding carboxylic acids is 1. The van der Waals surface area contributed by atoms with Crippen LogP contribution in [-0.4, -0.2) is 15.7 Å². The number of nitrogens with zero attached hydrogens (tertiary/aromatic N) is 2. The zero-order valence-corrected chi connectivity index (χ0v) is 10.7. The topological polar surface area (TPSA) is 46.9 Å². The van der Waals surface area contributed by atoms with Crippen LogP contribution in [0.5, 0.6) is 0 Å². The molecule has 0 aliphatic heterocycles. The summed E-state index contributed by atoms with van der Waals surface area (Å²) in [4.78, 5) is 11.6. The molecule has 0 radical (unpaired) electrons. The Morgan fingerprint density at radius 2 is 2.05 bits per heavy atom. The van der Waals surface area contributed by atoms with E-state index in [1.54, 1.807) is 0 Å². The molecule has 1 amide bonds. The van der Waals surface area contributed by atoms with Crippen LogP contribution in [0.3, 0.4) is 0 Å². The molecule has 0 aliphatic rings. The van der Waals surface area contributed by atoms with Crippen LogP contribution in [0.4, 0.5) is 23.2 Å². The SMILES string of the molecule is O=C(CCn1ccc(C(F)(F)F)n1)Nc1cccc(F)c1. The van der Waals surface area contributed by atoms with Crippen molar-refractivity contribution in [1.29, 1.82) is 0 Å². The average molecular weight is 301 g/mol. The highest BCUT2D eigenvalue weighted by Gasteiger charge is 2.33. The van der Waals surface area contributed by atoms with Crippen LogP contribution >= 0.6 is 0 Å². The van der Waals surface area contributed by atoms with Gasteiger partial charge in [-0.05, 0) is 24.3 Å². The fourth-order valence-corrected chi connectivity index (χ4v) is 1.64. The third kappa shape index (κ3) is 4.30. The molecule has 0 bridgehead atoms. The smallest absolute Gasteiger partial charge is 0.326 e. The zero-order chi connectivity index (χ0) is 15.5. The Bertz CT molecular complexity index is 636. The van der Waals surface area contributed by atoms with E-state index in [1.807, 2.05) is 0 Å². The van der Waals surface area contributed by atoms with Crippen molar-refractivity contribution in [1.82, 2.24) is 9.78 Å². The van der Waals surface area contributed by atoms with Crippen LogP contribution in [0.1, 0.15) is 12.1 Å². The van der Waals surface area contributed by atoms with Crippen molar-refractivity contribution in [3.8, 4) is 0 Å². The molecule has 1 heterocycles. The second-order valence-electron chi connectivity index (χ2n) is 4.27. The van der Waals surface area contributed by atoms with Crippen LogP contribution in [-0.2, 0) is 17.5 Å². The lowest BCUT2D eigenvalue weighted by Gasteiger charge is -2.06. The summed E-state index contributed by atoms with van der Waals surface area (Å²) in [5.74, 6) is -0.931. The Kier molecular flexibility index (Phi) is 4.25. The van der Waals surface area contributed by atoms with Gasteiger partial charge in [0.25, 0.3) is 0 Å². The van der Waals surface area contributed by atoms with Gasteiger partial charge in [0, 0.05) is 24.8 Å². The fraction of sp³-hybridized carbons (Fsp3) is 0.231. The molecule has 8 heteroatoms. The summed E-state index contributed by atoms with van der Waals surface area (Å²) in [5.41, 5.74) is -0.718. The number of amides is 1. The summed E-state index contributed by atoms with van der Waals surface area (Å²) in [5, 5.41) is 5.77. The van der Waals surface area contributed by atoms with E-state index in [-0.39, 0.29) is 18.7 Å². The number of aromatic nitrogens is 2. The lowest BCUT2D eigenvalue weighted by Crippen LogP contribution is -2.15. The lowest BCUT2D eigenvalue weighted by atomic mass is 10.3. The Hall–Kier alpha value is -2.38. The highest BCUT2D eigenvalue weighted by atomic mass is 19.4. The highest BCUT2D eigenvalue weighted by Crippen LogP contribution is 2.27. The van der Waals surface area contributed by atoms with Gasteiger partial charge in [0.05, 0.1) is 0 Å². The minimum atomic E-state index is -4.50. The molecule has 21 heavy (non-hydrogen) atoms. The number of halogens is 4. The Balaban J connectivity index is 1.88. The standard InChI is InChI=1S/C13H11F4N3O/c14-9-2-1-3-10(8-9)18-12(21)5-7-20-6-4-11(19-20)13(15,16)17/h1-4,6,8H,5,7H2,(H,18,21). The second kappa shape index (κ2) is 5.94. The van der Waals surface area contributed by atoms with E-state index < -0.39 is 23.6 Å². The van der Waals surface area contributed by atoms with Gasteiger partial charge in [0.1, 0.15) is 5.82 Å². The predicted octanol–water partition coefficient (Wildman–Crippen LogP) is 3.07. The molecule has 0 spiro atoms. The molecule has 112 valence electrons. The van der Waals surface area contributed by atoms with E-state index in [0.29, 0.717) is 0 Å². The van der Waals surface area contributed by atoms with Gasteiger partial charge in [-0.1, -0.05) is 6.07 Å². The Morgan fingerprint density at radius 1 is 1.29 bits per heavy atom. The molecule has 0 fully saturated rings. The first kappa shape index (κ1) is 15.0. The maximum atomic E-state index is 12.9. The van der Waals surface area contributed by atoms with Crippen molar-refractivity contribution in [3.05, 3.63) is 48.0 Å². The van der Waals surface area contributed by atoms with Gasteiger partial charge in [0.15, 0.2) is 5.69 Å². The minimum Gasteiger partial charge on any atom is -0.326 e. The lowest BCUT2D eigenvalue weighted by molar-refractivity contribution is -0.141. The van der Waals surface area contributed by atoms with Gasteiger partial charge >= 0.3 is 6.18 Å². The largest absolute Gasteiger partial charge is 0.435 e. The molecular weight excluding hydrogens is 290 g/mol. The number of anilines is 1. The van der Waals surface area contributed by atoms with Crippen LogP contribution in [0, 0.1) is 5.82 Å². The number of carbonyl (C=O) groups is 1. The number of alkyl halides is 3. The maximum Gasteiger partial charge on any atom is 0.435 e. The Labute approximate surface area is 117 Å². The molecule has 2 rings (SSSR count).